The Labute approximate surface area is 138 Å². The topological polar surface area (TPSA) is 71.1 Å². The Morgan fingerprint density at radius 1 is 1.24 bits per heavy atom. The standard InChI is InChI=1S/C14H16IN3O2S/c1-2-7-16-14-10-13(6-8-17-14)21(19,20)18-12-5-3-4-11(15)9-12/h3-6,8-10,18H,2,7H2,1H3,(H,16,17). The highest BCUT2D eigenvalue weighted by Crippen LogP contribution is 2.19. The van der Waals surface area contributed by atoms with Gasteiger partial charge >= 0.3 is 0 Å². The zero-order valence-electron chi connectivity index (χ0n) is 11.5. The van der Waals surface area contributed by atoms with Gasteiger partial charge in [-0.15, -0.1) is 0 Å². The van der Waals surface area contributed by atoms with E-state index in [-0.39, 0.29) is 4.90 Å². The Morgan fingerprint density at radius 3 is 2.76 bits per heavy atom. The lowest BCUT2D eigenvalue weighted by atomic mass is 10.3. The first-order valence-electron chi connectivity index (χ1n) is 6.49. The highest BCUT2D eigenvalue weighted by atomic mass is 127. The van der Waals surface area contributed by atoms with Gasteiger partial charge < -0.3 is 5.32 Å². The van der Waals surface area contributed by atoms with Crippen molar-refractivity contribution in [3.8, 4) is 0 Å². The van der Waals surface area contributed by atoms with Gasteiger partial charge in [0.25, 0.3) is 10.0 Å². The number of benzene rings is 1. The van der Waals surface area contributed by atoms with Crippen molar-refractivity contribution < 1.29 is 8.42 Å². The monoisotopic (exact) mass is 417 g/mol. The molecule has 1 aromatic heterocycles. The number of halogens is 1. The molecule has 7 heteroatoms. The first-order valence-corrected chi connectivity index (χ1v) is 9.06. The Bertz CT molecular complexity index is 720. The predicted octanol–water partition coefficient (Wildman–Crippen LogP) is 3.31. The van der Waals surface area contributed by atoms with E-state index in [4.69, 9.17) is 0 Å². The number of aromatic nitrogens is 1. The van der Waals surface area contributed by atoms with Crippen LogP contribution in [0.4, 0.5) is 11.5 Å². The lowest BCUT2D eigenvalue weighted by molar-refractivity contribution is 0.601. The summed E-state index contributed by atoms with van der Waals surface area (Å²) in [6, 6.07) is 10.2. The molecule has 2 N–H and O–H groups in total. The van der Waals surface area contributed by atoms with Crippen LogP contribution in [0.5, 0.6) is 0 Å². The minimum atomic E-state index is -3.61. The van der Waals surface area contributed by atoms with Gasteiger partial charge in [0, 0.05) is 28.1 Å². The summed E-state index contributed by atoms with van der Waals surface area (Å²) in [5, 5.41) is 3.08. The van der Waals surface area contributed by atoms with Crippen molar-refractivity contribution in [1.82, 2.24) is 4.98 Å². The summed E-state index contributed by atoms with van der Waals surface area (Å²) in [4.78, 5) is 4.30. The summed E-state index contributed by atoms with van der Waals surface area (Å²) >= 11 is 2.14. The summed E-state index contributed by atoms with van der Waals surface area (Å²) in [5.74, 6) is 0.558. The normalized spacial score (nSPS) is 11.1. The molecule has 2 rings (SSSR count). The molecule has 2 aromatic rings. The van der Waals surface area contributed by atoms with E-state index in [2.05, 4.69) is 37.6 Å². The van der Waals surface area contributed by atoms with Crippen LogP contribution in [-0.4, -0.2) is 19.9 Å². The molecule has 0 aliphatic heterocycles. The second-order valence-electron chi connectivity index (χ2n) is 4.42. The van der Waals surface area contributed by atoms with Gasteiger partial charge in [0.2, 0.25) is 0 Å². The van der Waals surface area contributed by atoms with Gasteiger partial charge in [-0.1, -0.05) is 13.0 Å². The fourth-order valence-electron chi connectivity index (χ4n) is 1.69. The molecule has 5 nitrogen and oxygen atoms in total. The predicted molar refractivity (Wildman–Crippen MR) is 93.0 cm³/mol. The lowest BCUT2D eigenvalue weighted by Gasteiger charge is -2.10. The van der Waals surface area contributed by atoms with E-state index < -0.39 is 10.0 Å². The van der Waals surface area contributed by atoms with E-state index in [1.54, 1.807) is 18.2 Å². The summed E-state index contributed by atoms with van der Waals surface area (Å²) in [6.45, 7) is 2.78. The average Bonchev–Trinajstić information content (AvgIpc) is 2.45. The third-order valence-corrected chi connectivity index (χ3v) is 4.72. The van der Waals surface area contributed by atoms with Crippen molar-refractivity contribution >= 4 is 44.1 Å². The van der Waals surface area contributed by atoms with Crippen LogP contribution >= 0.6 is 22.6 Å². The zero-order chi connectivity index (χ0) is 15.3. The van der Waals surface area contributed by atoms with Crippen LogP contribution in [0.2, 0.25) is 0 Å². The third kappa shape index (κ3) is 4.57. The largest absolute Gasteiger partial charge is 0.370 e. The number of sulfonamides is 1. The van der Waals surface area contributed by atoms with Gasteiger partial charge in [0.15, 0.2) is 0 Å². The number of hydrogen-bond donors (Lipinski definition) is 2. The Kier molecular flexibility index (Phi) is 5.40. The van der Waals surface area contributed by atoms with Crippen molar-refractivity contribution in [2.75, 3.05) is 16.6 Å². The van der Waals surface area contributed by atoms with Gasteiger partial charge in [0.1, 0.15) is 5.82 Å². The van der Waals surface area contributed by atoms with E-state index in [9.17, 15) is 8.42 Å². The molecule has 0 fully saturated rings. The van der Waals surface area contributed by atoms with Crippen LogP contribution in [0.15, 0.2) is 47.5 Å². The molecule has 0 atom stereocenters. The SMILES string of the molecule is CCCNc1cc(S(=O)(=O)Nc2cccc(I)c2)ccn1. The first kappa shape index (κ1) is 16.0. The number of anilines is 2. The smallest absolute Gasteiger partial charge is 0.262 e. The van der Waals surface area contributed by atoms with Gasteiger partial charge in [-0.3, -0.25) is 4.72 Å². The molecule has 21 heavy (non-hydrogen) atoms. The maximum absolute atomic E-state index is 12.4. The second-order valence-corrected chi connectivity index (χ2v) is 7.35. The molecule has 0 radical (unpaired) electrons. The van der Waals surface area contributed by atoms with E-state index in [1.807, 2.05) is 13.0 Å². The van der Waals surface area contributed by atoms with E-state index in [0.29, 0.717) is 11.5 Å². The summed E-state index contributed by atoms with van der Waals surface area (Å²) in [6.07, 6.45) is 2.43. The quantitative estimate of drug-likeness (QED) is 0.708. The number of nitrogens with zero attached hydrogens (tertiary/aromatic N) is 1. The zero-order valence-corrected chi connectivity index (χ0v) is 14.5. The van der Waals surface area contributed by atoms with Crippen LogP contribution < -0.4 is 10.0 Å². The summed E-state index contributed by atoms with van der Waals surface area (Å²) in [7, 11) is -3.61. The average molecular weight is 417 g/mol. The van der Waals surface area contributed by atoms with Crippen molar-refractivity contribution in [3.63, 3.8) is 0 Å². The fraction of sp³-hybridized carbons (Fsp3) is 0.214. The maximum atomic E-state index is 12.4. The minimum Gasteiger partial charge on any atom is -0.370 e. The van der Waals surface area contributed by atoms with Crippen molar-refractivity contribution in [2.45, 2.75) is 18.2 Å². The molecule has 0 unspecified atom stereocenters. The molecule has 0 saturated carbocycles. The van der Waals surface area contributed by atoms with Crippen molar-refractivity contribution in [1.29, 1.82) is 0 Å². The van der Waals surface area contributed by atoms with E-state index >= 15 is 0 Å². The van der Waals surface area contributed by atoms with Crippen LogP contribution in [0, 0.1) is 3.57 Å². The molecule has 0 amide bonds. The Hall–Kier alpha value is -1.35. The second kappa shape index (κ2) is 7.08. The number of rotatable bonds is 6. The molecule has 112 valence electrons. The number of pyridine rings is 1. The van der Waals surface area contributed by atoms with Gasteiger partial charge in [-0.2, -0.15) is 0 Å². The molecular formula is C14H16IN3O2S. The number of hydrogen-bond acceptors (Lipinski definition) is 4. The first-order chi connectivity index (χ1) is 10.0. The van der Waals surface area contributed by atoms with Crippen LogP contribution in [0.25, 0.3) is 0 Å². The fourth-order valence-corrected chi connectivity index (χ4v) is 3.30. The molecule has 0 bridgehead atoms. The molecule has 0 spiro atoms. The molecule has 1 heterocycles. The molecule has 0 saturated heterocycles. The van der Waals surface area contributed by atoms with Gasteiger partial charge in [-0.25, -0.2) is 13.4 Å². The Morgan fingerprint density at radius 2 is 2.05 bits per heavy atom. The van der Waals surface area contributed by atoms with E-state index in [1.165, 1.54) is 18.3 Å². The maximum Gasteiger partial charge on any atom is 0.262 e. The minimum absolute atomic E-state index is 0.190. The van der Waals surface area contributed by atoms with Crippen molar-refractivity contribution in [3.05, 3.63) is 46.2 Å². The Balaban J connectivity index is 2.23. The van der Waals surface area contributed by atoms with Crippen LogP contribution in [0.3, 0.4) is 0 Å². The molecule has 1 aromatic carbocycles. The molecular weight excluding hydrogens is 401 g/mol. The van der Waals surface area contributed by atoms with Gasteiger partial charge in [-0.05, 0) is 53.3 Å². The van der Waals surface area contributed by atoms with Crippen LogP contribution in [-0.2, 0) is 10.0 Å². The number of nitrogens with one attached hydrogen (secondary N) is 2. The van der Waals surface area contributed by atoms with Gasteiger partial charge in [0.05, 0.1) is 4.90 Å². The highest BCUT2D eigenvalue weighted by molar-refractivity contribution is 14.1. The highest BCUT2D eigenvalue weighted by Gasteiger charge is 2.15. The molecule has 0 aliphatic carbocycles. The lowest BCUT2D eigenvalue weighted by Crippen LogP contribution is -2.14. The van der Waals surface area contributed by atoms with Crippen LogP contribution in [0.1, 0.15) is 13.3 Å². The third-order valence-electron chi connectivity index (χ3n) is 2.67. The summed E-state index contributed by atoms with van der Waals surface area (Å²) < 4.78 is 28.3. The molecule has 0 aliphatic rings. The van der Waals surface area contributed by atoms with Crippen molar-refractivity contribution in [2.24, 2.45) is 0 Å². The van der Waals surface area contributed by atoms with E-state index in [0.717, 1.165) is 16.5 Å². The summed E-state index contributed by atoms with van der Waals surface area (Å²) in [5.41, 5.74) is 0.543.